The summed E-state index contributed by atoms with van der Waals surface area (Å²) in [5.41, 5.74) is 3.86. The lowest BCUT2D eigenvalue weighted by atomic mass is 10.1. The quantitative estimate of drug-likeness (QED) is 0.388. The molecule has 29 heavy (non-hydrogen) atoms. The van der Waals surface area contributed by atoms with Gasteiger partial charge in [0.15, 0.2) is 0 Å². The number of hydrogen-bond acceptors (Lipinski definition) is 3. The average molecular weight is 451 g/mol. The zero-order valence-corrected chi connectivity index (χ0v) is 18.6. The highest BCUT2D eigenvalue weighted by atomic mass is 79.9. The predicted molar refractivity (Wildman–Crippen MR) is 123 cm³/mol. The second kappa shape index (κ2) is 7.59. The molecule has 2 heterocycles. The van der Waals surface area contributed by atoms with Crippen molar-refractivity contribution in [3.8, 4) is 0 Å². The van der Waals surface area contributed by atoms with Gasteiger partial charge in [0.2, 0.25) is 0 Å². The number of halogens is 1. The molecule has 0 aliphatic rings. The molecule has 0 aliphatic heterocycles. The number of hydrogen-bond donors (Lipinski definition) is 0. The van der Waals surface area contributed by atoms with Crippen LogP contribution in [0.25, 0.3) is 21.8 Å². The fraction of sp³-hybridized carbons (Fsp3) is 0.261. The van der Waals surface area contributed by atoms with Crippen molar-refractivity contribution >= 4 is 44.0 Å². The molecule has 0 amide bonds. The highest BCUT2D eigenvalue weighted by Gasteiger charge is 2.15. The molecule has 0 aliphatic carbocycles. The average Bonchev–Trinajstić information content (AvgIpc) is 2.98. The molecule has 0 N–H and O–H groups in total. The van der Waals surface area contributed by atoms with Gasteiger partial charge in [0.25, 0.3) is 5.56 Å². The molecule has 2 aromatic heterocycles. The molecule has 2 aromatic carbocycles. The minimum atomic E-state index is -0.159. The second-order valence-corrected chi connectivity index (χ2v) is 8.32. The van der Waals surface area contributed by atoms with E-state index in [0.717, 1.165) is 27.7 Å². The van der Waals surface area contributed by atoms with Crippen molar-refractivity contribution < 1.29 is 0 Å². The third-order valence-corrected chi connectivity index (χ3v) is 5.74. The molecule has 0 bridgehead atoms. The SMILES string of the molecule is CCn1c(C)c(C=Nn2c(C(C)C)nc3ccc(Br)cc3c2=O)c2ccccc21. The molecule has 0 saturated carbocycles. The van der Waals surface area contributed by atoms with Crippen molar-refractivity contribution in [1.29, 1.82) is 0 Å². The Labute approximate surface area is 177 Å². The van der Waals surface area contributed by atoms with E-state index in [0.29, 0.717) is 16.7 Å². The van der Waals surface area contributed by atoms with Crippen molar-refractivity contribution in [3.63, 3.8) is 0 Å². The van der Waals surface area contributed by atoms with Crippen LogP contribution in [0.15, 0.2) is 56.8 Å². The summed E-state index contributed by atoms with van der Waals surface area (Å²) in [6.45, 7) is 9.14. The van der Waals surface area contributed by atoms with Crippen LogP contribution >= 0.6 is 15.9 Å². The van der Waals surface area contributed by atoms with Gasteiger partial charge in [-0.3, -0.25) is 4.79 Å². The van der Waals surface area contributed by atoms with Crippen molar-refractivity contribution in [1.82, 2.24) is 14.2 Å². The minimum absolute atomic E-state index is 0.0611. The van der Waals surface area contributed by atoms with Gasteiger partial charge in [0, 0.05) is 39.1 Å². The summed E-state index contributed by atoms with van der Waals surface area (Å²) >= 11 is 3.44. The number of aryl methyl sites for hydroxylation is 1. The van der Waals surface area contributed by atoms with E-state index in [2.05, 4.69) is 51.6 Å². The topological polar surface area (TPSA) is 52.2 Å². The lowest BCUT2D eigenvalue weighted by Gasteiger charge is -2.12. The highest BCUT2D eigenvalue weighted by molar-refractivity contribution is 9.10. The number of fused-ring (bicyclic) bond motifs is 2. The van der Waals surface area contributed by atoms with Crippen molar-refractivity contribution in [2.75, 3.05) is 0 Å². The van der Waals surface area contributed by atoms with Gasteiger partial charge in [-0.15, -0.1) is 0 Å². The van der Waals surface area contributed by atoms with Crippen LogP contribution in [0, 0.1) is 6.92 Å². The van der Waals surface area contributed by atoms with Crippen molar-refractivity contribution in [3.05, 3.63) is 74.4 Å². The summed E-state index contributed by atoms with van der Waals surface area (Å²) < 4.78 is 4.55. The van der Waals surface area contributed by atoms with Gasteiger partial charge in [-0.25, -0.2) is 4.98 Å². The van der Waals surface area contributed by atoms with Crippen LogP contribution in [0.5, 0.6) is 0 Å². The summed E-state index contributed by atoms with van der Waals surface area (Å²) in [6.07, 6.45) is 1.79. The van der Waals surface area contributed by atoms with Gasteiger partial charge >= 0.3 is 0 Å². The maximum Gasteiger partial charge on any atom is 0.282 e. The zero-order valence-electron chi connectivity index (χ0n) is 17.0. The number of aromatic nitrogens is 3. The first kappa shape index (κ1) is 19.6. The summed E-state index contributed by atoms with van der Waals surface area (Å²) in [5.74, 6) is 0.712. The Bertz CT molecular complexity index is 1310. The van der Waals surface area contributed by atoms with Gasteiger partial charge in [0.05, 0.1) is 17.1 Å². The molecular formula is C23H23BrN4O. The van der Waals surface area contributed by atoms with Crippen LogP contribution in [0.1, 0.15) is 43.8 Å². The van der Waals surface area contributed by atoms with E-state index in [1.807, 2.05) is 38.1 Å². The molecule has 5 nitrogen and oxygen atoms in total. The first-order chi connectivity index (χ1) is 13.9. The highest BCUT2D eigenvalue weighted by Crippen LogP contribution is 2.25. The number of nitrogens with zero attached hydrogens (tertiary/aromatic N) is 4. The molecule has 148 valence electrons. The van der Waals surface area contributed by atoms with E-state index in [1.165, 1.54) is 10.2 Å². The predicted octanol–water partition coefficient (Wildman–Crippen LogP) is 5.45. The van der Waals surface area contributed by atoms with Crippen LogP contribution in [-0.2, 0) is 6.54 Å². The van der Waals surface area contributed by atoms with E-state index >= 15 is 0 Å². The molecule has 0 atom stereocenters. The smallest absolute Gasteiger partial charge is 0.282 e. The summed E-state index contributed by atoms with van der Waals surface area (Å²) in [7, 11) is 0. The van der Waals surface area contributed by atoms with Gasteiger partial charge in [0.1, 0.15) is 5.82 Å². The molecule has 4 aromatic rings. The number of para-hydroxylation sites is 1. The summed E-state index contributed by atoms with van der Waals surface area (Å²) in [6, 6.07) is 13.8. The molecule has 0 fully saturated rings. The Kier molecular flexibility index (Phi) is 5.13. The van der Waals surface area contributed by atoms with Crippen LogP contribution in [0.3, 0.4) is 0 Å². The summed E-state index contributed by atoms with van der Waals surface area (Å²) in [5, 5.41) is 6.30. The molecule has 0 saturated heterocycles. The number of rotatable bonds is 4. The van der Waals surface area contributed by atoms with Gasteiger partial charge in [-0.1, -0.05) is 48.0 Å². The molecular weight excluding hydrogens is 428 g/mol. The molecule has 6 heteroatoms. The third-order valence-electron chi connectivity index (χ3n) is 5.25. The van der Waals surface area contributed by atoms with Crippen molar-refractivity contribution in [2.24, 2.45) is 5.10 Å². The van der Waals surface area contributed by atoms with E-state index in [9.17, 15) is 4.79 Å². The molecule has 0 unspecified atom stereocenters. The van der Waals surface area contributed by atoms with Crippen LogP contribution in [0.2, 0.25) is 0 Å². The van der Waals surface area contributed by atoms with Gasteiger partial charge < -0.3 is 4.57 Å². The minimum Gasteiger partial charge on any atom is -0.344 e. The summed E-state index contributed by atoms with van der Waals surface area (Å²) in [4.78, 5) is 17.9. The Morgan fingerprint density at radius 3 is 2.66 bits per heavy atom. The normalized spacial score (nSPS) is 12.1. The Morgan fingerprint density at radius 2 is 1.93 bits per heavy atom. The van der Waals surface area contributed by atoms with E-state index < -0.39 is 0 Å². The second-order valence-electron chi connectivity index (χ2n) is 7.41. The van der Waals surface area contributed by atoms with Gasteiger partial charge in [-0.05, 0) is 38.1 Å². The monoisotopic (exact) mass is 450 g/mol. The lowest BCUT2D eigenvalue weighted by Crippen LogP contribution is -2.23. The zero-order chi connectivity index (χ0) is 20.7. The fourth-order valence-electron chi connectivity index (χ4n) is 3.79. The molecule has 0 spiro atoms. The maximum absolute atomic E-state index is 13.2. The van der Waals surface area contributed by atoms with Crippen molar-refractivity contribution in [2.45, 2.75) is 40.2 Å². The Hall–Kier alpha value is -2.73. The van der Waals surface area contributed by atoms with Crippen LogP contribution in [0.4, 0.5) is 0 Å². The Morgan fingerprint density at radius 1 is 1.17 bits per heavy atom. The lowest BCUT2D eigenvalue weighted by molar-refractivity contribution is 0.665. The maximum atomic E-state index is 13.2. The van der Waals surface area contributed by atoms with Crippen LogP contribution in [-0.4, -0.2) is 20.4 Å². The van der Waals surface area contributed by atoms with E-state index in [1.54, 1.807) is 12.3 Å². The first-order valence-corrected chi connectivity index (χ1v) is 10.6. The van der Waals surface area contributed by atoms with E-state index in [4.69, 9.17) is 4.98 Å². The largest absolute Gasteiger partial charge is 0.344 e. The van der Waals surface area contributed by atoms with Crippen LogP contribution < -0.4 is 5.56 Å². The molecule has 0 radical (unpaired) electrons. The Balaban J connectivity index is 1.95. The van der Waals surface area contributed by atoms with Gasteiger partial charge in [-0.2, -0.15) is 9.78 Å². The first-order valence-electron chi connectivity index (χ1n) is 9.76. The van der Waals surface area contributed by atoms with E-state index in [-0.39, 0.29) is 11.5 Å². The number of benzene rings is 2. The third kappa shape index (κ3) is 3.31. The molecule has 4 rings (SSSR count). The fourth-order valence-corrected chi connectivity index (χ4v) is 4.16. The standard InChI is InChI=1S/C23H23BrN4O/c1-5-27-15(4)19(17-8-6-7-9-21(17)27)13-25-28-22(14(2)3)26-20-11-10-16(24)12-18(20)23(28)29/h6-14H,5H2,1-4H3.